The predicted molar refractivity (Wildman–Crippen MR) is 116 cm³/mol. The first-order valence-electron chi connectivity index (χ1n) is 9.55. The topological polar surface area (TPSA) is 81.9 Å². The highest BCUT2D eigenvalue weighted by molar-refractivity contribution is 6.30. The summed E-state index contributed by atoms with van der Waals surface area (Å²) in [5.74, 6) is 0.751. The monoisotopic (exact) mass is 473 g/mol. The molecule has 2 heterocycles. The van der Waals surface area contributed by atoms with Crippen molar-refractivity contribution in [2.24, 2.45) is 0 Å². The van der Waals surface area contributed by atoms with Crippen LogP contribution in [0.15, 0.2) is 77.7 Å². The van der Waals surface area contributed by atoms with Crippen LogP contribution in [0.4, 0.5) is 24.8 Å². The number of hydrogen-bond acceptors (Lipinski definition) is 6. The molecule has 33 heavy (non-hydrogen) atoms. The van der Waals surface area contributed by atoms with Crippen LogP contribution < -0.4 is 15.6 Å². The summed E-state index contributed by atoms with van der Waals surface area (Å²) < 4.78 is 46.2. The molecule has 4 aromatic rings. The Hall–Kier alpha value is -3.92. The van der Waals surface area contributed by atoms with E-state index in [9.17, 15) is 18.0 Å². The van der Waals surface area contributed by atoms with Crippen molar-refractivity contribution >= 4 is 23.2 Å². The molecular formula is C22H15ClF3N5O2. The molecule has 4 rings (SSSR count). The molecular weight excluding hydrogens is 459 g/mol. The number of aromatic nitrogens is 4. The number of ether oxygens (including phenoxy) is 1. The third-order valence-electron chi connectivity index (χ3n) is 4.44. The fourth-order valence-electron chi connectivity index (χ4n) is 2.87. The number of nitrogens with zero attached hydrogens (tertiary/aromatic N) is 4. The van der Waals surface area contributed by atoms with Crippen molar-refractivity contribution < 1.29 is 17.9 Å². The van der Waals surface area contributed by atoms with Gasteiger partial charge in [-0.2, -0.15) is 13.2 Å². The Morgan fingerprint density at radius 3 is 2.33 bits per heavy atom. The van der Waals surface area contributed by atoms with Crippen LogP contribution in [0.25, 0.3) is 0 Å². The van der Waals surface area contributed by atoms with Crippen molar-refractivity contribution in [3.63, 3.8) is 0 Å². The van der Waals surface area contributed by atoms with Gasteiger partial charge in [0.1, 0.15) is 5.75 Å². The molecule has 0 radical (unpaired) electrons. The highest BCUT2D eigenvalue weighted by Gasteiger charge is 2.38. The minimum atomic E-state index is -4.94. The fourth-order valence-corrected chi connectivity index (χ4v) is 3.00. The zero-order valence-electron chi connectivity index (χ0n) is 16.8. The minimum absolute atomic E-state index is 0.152. The number of hydrogen-bond donors (Lipinski definition) is 1. The number of alkyl halides is 3. The van der Waals surface area contributed by atoms with Crippen molar-refractivity contribution in [1.29, 1.82) is 0 Å². The van der Waals surface area contributed by atoms with E-state index in [-0.39, 0.29) is 12.5 Å². The molecule has 2 aromatic carbocycles. The second-order valence-electron chi connectivity index (χ2n) is 6.81. The van der Waals surface area contributed by atoms with Gasteiger partial charge in [0, 0.05) is 23.0 Å². The molecule has 1 N–H and O–H groups in total. The molecule has 0 bridgehead atoms. The maximum Gasteiger partial charge on any atom is 0.440 e. The van der Waals surface area contributed by atoms with E-state index in [1.165, 1.54) is 0 Å². The molecule has 168 valence electrons. The van der Waals surface area contributed by atoms with E-state index < -0.39 is 17.4 Å². The molecule has 0 atom stereocenters. The number of pyridine rings is 1. The van der Waals surface area contributed by atoms with Gasteiger partial charge in [0.05, 0.1) is 6.54 Å². The van der Waals surface area contributed by atoms with E-state index in [1.807, 2.05) is 0 Å². The molecule has 11 heteroatoms. The van der Waals surface area contributed by atoms with E-state index in [0.29, 0.717) is 27.9 Å². The zero-order valence-corrected chi connectivity index (χ0v) is 17.5. The Kier molecular flexibility index (Phi) is 6.27. The van der Waals surface area contributed by atoms with Crippen LogP contribution in [0.5, 0.6) is 11.6 Å². The summed E-state index contributed by atoms with van der Waals surface area (Å²) >= 11 is 5.87. The quantitative estimate of drug-likeness (QED) is 0.410. The van der Waals surface area contributed by atoms with Crippen molar-refractivity contribution in [2.45, 2.75) is 12.7 Å². The van der Waals surface area contributed by atoms with Gasteiger partial charge >= 0.3 is 6.18 Å². The minimum Gasteiger partial charge on any atom is -0.439 e. The number of benzene rings is 2. The van der Waals surface area contributed by atoms with E-state index in [1.54, 1.807) is 72.9 Å². The van der Waals surface area contributed by atoms with Crippen molar-refractivity contribution in [3.05, 3.63) is 99.6 Å². The number of halogens is 4. The Morgan fingerprint density at radius 1 is 0.970 bits per heavy atom. The molecule has 0 aliphatic rings. The number of rotatable bonds is 6. The first-order valence-corrected chi connectivity index (χ1v) is 9.92. The molecule has 0 fully saturated rings. The third-order valence-corrected chi connectivity index (χ3v) is 4.69. The van der Waals surface area contributed by atoms with Gasteiger partial charge in [-0.15, -0.1) is 10.2 Å². The highest BCUT2D eigenvalue weighted by Crippen LogP contribution is 2.26. The van der Waals surface area contributed by atoms with Gasteiger partial charge in [0.15, 0.2) is 0 Å². The van der Waals surface area contributed by atoms with Crippen LogP contribution in [-0.2, 0) is 12.7 Å². The van der Waals surface area contributed by atoms with E-state index >= 15 is 0 Å². The van der Waals surface area contributed by atoms with Crippen LogP contribution in [0.1, 0.15) is 11.3 Å². The fraction of sp³-hybridized carbons (Fsp3) is 0.0909. The Labute approximate surface area is 190 Å². The average molecular weight is 474 g/mol. The second-order valence-corrected chi connectivity index (χ2v) is 7.24. The van der Waals surface area contributed by atoms with Crippen LogP contribution in [0.3, 0.4) is 0 Å². The maximum atomic E-state index is 13.2. The van der Waals surface area contributed by atoms with Crippen molar-refractivity contribution in [1.82, 2.24) is 19.7 Å². The summed E-state index contributed by atoms with van der Waals surface area (Å²) in [7, 11) is 0. The molecule has 0 saturated heterocycles. The van der Waals surface area contributed by atoms with E-state index in [2.05, 4.69) is 20.5 Å². The van der Waals surface area contributed by atoms with Crippen LogP contribution >= 0.6 is 11.6 Å². The first-order chi connectivity index (χ1) is 15.8. The van der Waals surface area contributed by atoms with Gasteiger partial charge in [-0.1, -0.05) is 29.8 Å². The lowest BCUT2D eigenvalue weighted by atomic mass is 10.2. The number of nitrogens with one attached hydrogen (secondary N) is 1. The predicted octanol–water partition coefficient (Wildman–Crippen LogP) is 5.29. The lowest BCUT2D eigenvalue weighted by Gasteiger charge is -2.15. The SMILES string of the molecule is O=c1c(C(F)(F)F)nnc(Nc2ccc(Oc3ccccn3)cc2)n1Cc1ccc(Cl)cc1. The second kappa shape index (κ2) is 9.29. The molecule has 2 aromatic heterocycles. The summed E-state index contributed by atoms with van der Waals surface area (Å²) in [5.41, 5.74) is -1.89. The largest absolute Gasteiger partial charge is 0.440 e. The van der Waals surface area contributed by atoms with Gasteiger partial charge < -0.3 is 10.1 Å². The first kappa shape index (κ1) is 22.3. The molecule has 0 spiro atoms. The third kappa shape index (κ3) is 5.47. The summed E-state index contributed by atoms with van der Waals surface area (Å²) in [6.07, 6.45) is -3.34. The van der Waals surface area contributed by atoms with E-state index in [4.69, 9.17) is 16.3 Å². The molecule has 0 amide bonds. The van der Waals surface area contributed by atoms with Crippen LogP contribution in [0, 0.1) is 0 Å². The van der Waals surface area contributed by atoms with Gasteiger partial charge in [0.25, 0.3) is 5.56 Å². The van der Waals surface area contributed by atoms with Crippen LogP contribution in [-0.4, -0.2) is 19.7 Å². The standard InChI is InChI=1S/C22H15ClF3N5O2/c23-15-6-4-14(5-7-15)13-31-20(32)19(22(24,25)26)29-30-21(31)28-16-8-10-17(11-9-16)33-18-3-1-2-12-27-18/h1-12H,13H2,(H,28,30). The summed E-state index contributed by atoms with van der Waals surface area (Å²) in [4.78, 5) is 16.7. The Balaban J connectivity index is 1.63. The summed E-state index contributed by atoms with van der Waals surface area (Å²) in [6.45, 7) is -0.169. The average Bonchev–Trinajstić information content (AvgIpc) is 2.79. The molecule has 0 aliphatic heterocycles. The molecule has 7 nitrogen and oxygen atoms in total. The maximum absolute atomic E-state index is 13.2. The summed E-state index contributed by atoms with van der Waals surface area (Å²) in [6, 6.07) is 18.1. The molecule has 0 saturated carbocycles. The Bertz CT molecular complexity index is 1300. The van der Waals surface area contributed by atoms with Gasteiger partial charge in [-0.25, -0.2) is 4.98 Å². The smallest absolute Gasteiger partial charge is 0.439 e. The van der Waals surface area contributed by atoms with Gasteiger partial charge in [0.2, 0.25) is 17.5 Å². The highest BCUT2D eigenvalue weighted by atomic mass is 35.5. The lowest BCUT2D eigenvalue weighted by Crippen LogP contribution is -2.33. The summed E-state index contributed by atoms with van der Waals surface area (Å²) in [5, 5.41) is 10.0. The normalized spacial score (nSPS) is 11.3. The Morgan fingerprint density at radius 2 is 1.70 bits per heavy atom. The van der Waals surface area contributed by atoms with Crippen molar-refractivity contribution in [2.75, 3.05) is 5.32 Å². The van der Waals surface area contributed by atoms with Gasteiger partial charge in [-0.05, 0) is 48.0 Å². The lowest BCUT2D eigenvalue weighted by molar-refractivity contribution is -0.143. The van der Waals surface area contributed by atoms with Gasteiger partial charge in [-0.3, -0.25) is 9.36 Å². The zero-order chi connectivity index (χ0) is 23.4. The molecule has 0 aliphatic carbocycles. The van der Waals surface area contributed by atoms with E-state index in [0.717, 1.165) is 4.57 Å². The van der Waals surface area contributed by atoms with Crippen LogP contribution in [0.2, 0.25) is 5.02 Å². The van der Waals surface area contributed by atoms with Crippen molar-refractivity contribution in [3.8, 4) is 11.6 Å². The number of anilines is 2. The molecule has 0 unspecified atom stereocenters.